The zero-order valence-electron chi connectivity index (χ0n) is 11.2. The largest absolute Gasteiger partial charge is 0.350 e. The Balaban J connectivity index is 1.65. The molecule has 0 radical (unpaired) electrons. The number of rotatable bonds is 4. The van der Waals surface area contributed by atoms with Crippen LogP contribution in [0.15, 0.2) is 35.4 Å². The minimum absolute atomic E-state index is 0.0491. The second-order valence-electron chi connectivity index (χ2n) is 5.45. The quantitative estimate of drug-likeness (QED) is 0.861. The van der Waals surface area contributed by atoms with Gasteiger partial charge >= 0.3 is 0 Å². The fourth-order valence-corrected chi connectivity index (χ4v) is 2.81. The smallest absolute Gasteiger partial charge is 0.268 e. The summed E-state index contributed by atoms with van der Waals surface area (Å²) in [4.78, 5) is 23.0. The van der Waals surface area contributed by atoms with Crippen LogP contribution in [0.25, 0.3) is 0 Å². The summed E-state index contributed by atoms with van der Waals surface area (Å²) in [6.07, 6.45) is 3.43. The molecule has 0 bridgehead atoms. The third-order valence-electron chi connectivity index (χ3n) is 4.19. The predicted octanol–water partition coefficient (Wildman–Crippen LogP) is 1.10. The molecule has 3 rings (SSSR count). The SMILES string of the molecule is O=C1CC(C(=O)NCC2(c3ccccc3)CCC2)=NN1. The van der Waals surface area contributed by atoms with E-state index in [1.54, 1.807) is 0 Å². The Kier molecular flexibility index (Phi) is 3.26. The van der Waals surface area contributed by atoms with Gasteiger partial charge in [-0.3, -0.25) is 9.59 Å². The van der Waals surface area contributed by atoms with E-state index in [9.17, 15) is 9.59 Å². The fourth-order valence-electron chi connectivity index (χ4n) is 2.81. The minimum Gasteiger partial charge on any atom is -0.350 e. The third-order valence-corrected chi connectivity index (χ3v) is 4.19. The van der Waals surface area contributed by atoms with Crippen molar-refractivity contribution in [2.45, 2.75) is 31.1 Å². The van der Waals surface area contributed by atoms with Crippen molar-refractivity contribution in [3.05, 3.63) is 35.9 Å². The van der Waals surface area contributed by atoms with E-state index < -0.39 is 0 Å². The van der Waals surface area contributed by atoms with Crippen LogP contribution in [0.3, 0.4) is 0 Å². The van der Waals surface area contributed by atoms with Gasteiger partial charge in [-0.25, -0.2) is 5.43 Å². The van der Waals surface area contributed by atoms with Gasteiger partial charge in [-0.1, -0.05) is 36.8 Å². The second-order valence-corrected chi connectivity index (χ2v) is 5.45. The molecule has 2 N–H and O–H groups in total. The van der Waals surface area contributed by atoms with E-state index in [0.29, 0.717) is 6.54 Å². The highest BCUT2D eigenvalue weighted by molar-refractivity contribution is 6.43. The van der Waals surface area contributed by atoms with E-state index in [-0.39, 0.29) is 29.4 Å². The fraction of sp³-hybridized carbons (Fsp3) is 0.400. The van der Waals surface area contributed by atoms with Crippen LogP contribution in [-0.2, 0) is 15.0 Å². The molecule has 1 aromatic carbocycles. The first-order valence-electron chi connectivity index (χ1n) is 6.89. The number of hydrogen-bond acceptors (Lipinski definition) is 3. The van der Waals surface area contributed by atoms with E-state index in [1.165, 1.54) is 12.0 Å². The number of carbonyl (C=O) groups excluding carboxylic acids is 2. The maximum absolute atomic E-state index is 12.0. The normalized spacial score (nSPS) is 19.8. The summed E-state index contributed by atoms with van der Waals surface area (Å²) in [5, 5.41) is 6.66. The van der Waals surface area contributed by atoms with Gasteiger partial charge in [0.25, 0.3) is 5.91 Å². The molecule has 2 aliphatic rings. The van der Waals surface area contributed by atoms with Crippen molar-refractivity contribution in [2.75, 3.05) is 6.54 Å². The summed E-state index contributed by atoms with van der Waals surface area (Å²) in [5.41, 5.74) is 3.89. The molecular formula is C15H17N3O2. The van der Waals surface area contributed by atoms with Crippen molar-refractivity contribution in [1.82, 2.24) is 10.7 Å². The summed E-state index contributed by atoms with van der Waals surface area (Å²) in [5.74, 6) is -0.470. The van der Waals surface area contributed by atoms with Gasteiger partial charge in [0.1, 0.15) is 5.71 Å². The molecule has 5 nitrogen and oxygen atoms in total. The number of hydrazone groups is 1. The molecule has 2 amide bonds. The molecule has 1 saturated carbocycles. The van der Waals surface area contributed by atoms with E-state index in [4.69, 9.17) is 0 Å². The van der Waals surface area contributed by atoms with Crippen LogP contribution >= 0.6 is 0 Å². The molecule has 0 aromatic heterocycles. The highest BCUT2D eigenvalue weighted by Crippen LogP contribution is 2.43. The number of carbonyl (C=O) groups is 2. The van der Waals surface area contributed by atoms with Gasteiger partial charge in [-0.05, 0) is 18.4 Å². The summed E-state index contributed by atoms with van der Waals surface area (Å²) >= 11 is 0. The van der Waals surface area contributed by atoms with Crippen LogP contribution in [0, 0.1) is 0 Å². The maximum atomic E-state index is 12.0. The molecule has 1 aliphatic carbocycles. The van der Waals surface area contributed by atoms with Gasteiger partial charge in [0.2, 0.25) is 5.91 Å². The maximum Gasteiger partial charge on any atom is 0.268 e. The van der Waals surface area contributed by atoms with Crippen molar-refractivity contribution in [2.24, 2.45) is 5.10 Å². The van der Waals surface area contributed by atoms with Gasteiger partial charge in [-0.2, -0.15) is 5.10 Å². The molecule has 104 valence electrons. The van der Waals surface area contributed by atoms with E-state index in [2.05, 4.69) is 28.0 Å². The molecule has 1 aromatic rings. The van der Waals surface area contributed by atoms with Crippen molar-refractivity contribution in [3.63, 3.8) is 0 Å². The molecular weight excluding hydrogens is 254 g/mol. The minimum atomic E-state index is -0.245. The molecule has 0 saturated heterocycles. The van der Waals surface area contributed by atoms with Crippen molar-refractivity contribution in [3.8, 4) is 0 Å². The standard InChI is InChI=1S/C15H17N3O2/c19-13-9-12(17-18-13)14(20)16-10-15(7-4-8-15)11-5-2-1-3-6-11/h1-3,5-6H,4,7-10H2,(H,16,20)(H,18,19). The first-order valence-corrected chi connectivity index (χ1v) is 6.89. The van der Waals surface area contributed by atoms with Crippen LogP contribution in [-0.4, -0.2) is 24.1 Å². The molecule has 1 aliphatic heterocycles. The molecule has 20 heavy (non-hydrogen) atoms. The highest BCUT2D eigenvalue weighted by Gasteiger charge is 2.39. The van der Waals surface area contributed by atoms with Crippen LogP contribution in [0.1, 0.15) is 31.2 Å². The third kappa shape index (κ3) is 2.31. The van der Waals surface area contributed by atoms with Crippen LogP contribution in [0.2, 0.25) is 0 Å². The van der Waals surface area contributed by atoms with Crippen LogP contribution < -0.4 is 10.7 Å². The average Bonchev–Trinajstić information content (AvgIpc) is 2.85. The van der Waals surface area contributed by atoms with Crippen molar-refractivity contribution < 1.29 is 9.59 Å². The summed E-state index contributed by atoms with van der Waals surface area (Å²) < 4.78 is 0. The number of amides is 2. The molecule has 0 unspecified atom stereocenters. The van der Waals surface area contributed by atoms with Gasteiger partial charge < -0.3 is 5.32 Å². The molecule has 0 atom stereocenters. The van der Waals surface area contributed by atoms with E-state index in [1.807, 2.05) is 18.2 Å². The number of nitrogens with one attached hydrogen (secondary N) is 2. The monoisotopic (exact) mass is 271 g/mol. The first-order chi connectivity index (χ1) is 9.70. The average molecular weight is 271 g/mol. The second kappa shape index (κ2) is 5.07. The number of benzene rings is 1. The Bertz CT molecular complexity index is 562. The Labute approximate surface area is 117 Å². The van der Waals surface area contributed by atoms with Crippen molar-refractivity contribution >= 4 is 17.5 Å². The number of hydrogen-bond donors (Lipinski definition) is 2. The zero-order chi connectivity index (χ0) is 14.0. The summed E-state index contributed by atoms with van der Waals surface area (Å²) in [7, 11) is 0. The molecule has 0 spiro atoms. The van der Waals surface area contributed by atoms with Crippen LogP contribution in [0.5, 0.6) is 0 Å². The first kappa shape index (κ1) is 12.8. The molecule has 5 heteroatoms. The molecule has 1 fully saturated rings. The lowest BCUT2D eigenvalue weighted by Gasteiger charge is -2.42. The van der Waals surface area contributed by atoms with Gasteiger partial charge in [-0.15, -0.1) is 0 Å². The summed E-state index contributed by atoms with van der Waals surface area (Å²) in [6, 6.07) is 10.3. The lowest BCUT2D eigenvalue weighted by molar-refractivity contribution is -0.120. The summed E-state index contributed by atoms with van der Waals surface area (Å²) in [6.45, 7) is 0.600. The van der Waals surface area contributed by atoms with Gasteiger partial charge in [0.15, 0.2) is 0 Å². The Morgan fingerprint density at radius 3 is 2.60 bits per heavy atom. The van der Waals surface area contributed by atoms with Crippen LogP contribution in [0.4, 0.5) is 0 Å². The Hall–Kier alpha value is -2.17. The van der Waals surface area contributed by atoms with E-state index in [0.717, 1.165) is 12.8 Å². The van der Waals surface area contributed by atoms with Gasteiger partial charge in [0.05, 0.1) is 6.42 Å². The zero-order valence-corrected chi connectivity index (χ0v) is 11.2. The van der Waals surface area contributed by atoms with Gasteiger partial charge in [0, 0.05) is 12.0 Å². The number of nitrogens with zero attached hydrogens (tertiary/aromatic N) is 1. The van der Waals surface area contributed by atoms with Crippen molar-refractivity contribution in [1.29, 1.82) is 0 Å². The Morgan fingerprint density at radius 1 is 1.30 bits per heavy atom. The Morgan fingerprint density at radius 2 is 2.05 bits per heavy atom. The lowest BCUT2D eigenvalue weighted by Crippen LogP contribution is -2.47. The molecule has 1 heterocycles. The topological polar surface area (TPSA) is 70.6 Å². The lowest BCUT2D eigenvalue weighted by atomic mass is 9.64. The van der Waals surface area contributed by atoms with E-state index >= 15 is 0 Å². The highest BCUT2D eigenvalue weighted by atomic mass is 16.2. The predicted molar refractivity (Wildman–Crippen MR) is 75.2 cm³/mol.